The highest BCUT2D eigenvalue weighted by Gasteiger charge is 2.17. The smallest absolute Gasteiger partial charge is 0.323 e. The average molecular weight is 291 g/mol. The normalized spacial score (nSPS) is 16.5. The lowest BCUT2D eigenvalue weighted by Gasteiger charge is -2.26. The fourth-order valence-corrected chi connectivity index (χ4v) is 2.50. The molecule has 2 heterocycles. The van der Waals surface area contributed by atoms with Gasteiger partial charge in [-0.2, -0.15) is 16.9 Å². The number of halogens is 1. The number of aromatic amines is 1. The van der Waals surface area contributed by atoms with E-state index in [-0.39, 0.29) is 6.03 Å². The van der Waals surface area contributed by atoms with Crippen molar-refractivity contribution in [3.8, 4) is 0 Å². The van der Waals surface area contributed by atoms with Crippen LogP contribution in [0.2, 0.25) is 0 Å². The van der Waals surface area contributed by atoms with Gasteiger partial charge in [-0.05, 0) is 15.9 Å². The highest BCUT2D eigenvalue weighted by atomic mass is 79.9. The summed E-state index contributed by atoms with van der Waals surface area (Å²) in [5.74, 6) is 2.63. The predicted octanol–water partition coefficient (Wildman–Crippen LogP) is 1.75. The second-order valence-electron chi connectivity index (χ2n) is 3.12. The van der Waals surface area contributed by atoms with Crippen LogP contribution < -0.4 is 5.32 Å². The molecular weight excluding hydrogens is 280 g/mol. The topological polar surface area (TPSA) is 61.0 Å². The van der Waals surface area contributed by atoms with Crippen LogP contribution in [0.5, 0.6) is 0 Å². The lowest BCUT2D eigenvalue weighted by Crippen LogP contribution is -2.40. The SMILES string of the molecule is O=C(Nc1[nH]ncc1Br)N1CCSCC1. The minimum Gasteiger partial charge on any atom is -0.323 e. The number of hydrogen-bond donors (Lipinski definition) is 2. The Hall–Kier alpha value is -0.690. The molecule has 1 aliphatic rings. The summed E-state index contributed by atoms with van der Waals surface area (Å²) in [4.78, 5) is 13.6. The van der Waals surface area contributed by atoms with Crippen LogP contribution in [0, 0.1) is 0 Å². The Labute approximate surface area is 100 Å². The van der Waals surface area contributed by atoms with Crippen molar-refractivity contribution < 1.29 is 4.79 Å². The number of aromatic nitrogens is 2. The van der Waals surface area contributed by atoms with Gasteiger partial charge in [-0.15, -0.1) is 0 Å². The lowest BCUT2D eigenvalue weighted by atomic mass is 10.5. The molecule has 0 spiro atoms. The number of thioether (sulfide) groups is 1. The molecule has 2 N–H and O–H groups in total. The molecule has 1 saturated heterocycles. The number of anilines is 1. The maximum Gasteiger partial charge on any atom is 0.323 e. The molecule has 5 nitrogen and oxygen atoms in total. The first-order valence-corrected chi connectivity index (χ1v) is 6.54. The molecule has 0 atom stereocenters. The summed E-state index contributed by atoms with van der Waals surface area (Å²) in [5.41, 5.74) is 0. The van der Waals surface area contributed by atoms with Crippen molar-refractivity contribution in [1.29, 1.82) is 0 Å². The summed E-state index contributed by atoms with van der Waals surface area (Å²) in [7, 11) is 0. The maximum atomic E-state index is 11.8. The minimum atomic E-state index is -0.0692. The number of H-pyrrole nitrogens is 1. The van der Waals surface area contributed by atoms with Gasteiger partial charge in [0.05, 0.1) is 10.7 Å². The van der Waals surface area contributed by atoms with Gasteiger partial charge in [-0.3, -0.25) is 10.4 Å². The number of urea groups is 1. The first kappa shape index (κ1) is 10.8. The number of hydrogen-bond acceptors (Lipinski definition) is 3. The van der Waals surface area contributed by atoms with Crippen LogP contribution in [0.4, 0.5) is 10.6 Å². The maximum absolute atomic E-state index is 11.8. The fraction of sp³-hybridized carbons (Fsp3) is 0.500. The van der Waals surface area contributed by atoms with Crippen LogP contribution in [0.1, 0.15) is 0 Å². The second kappa shape index (κ2) is 4.89. The molecule has 0 radical (unpaired) electrons. The van der Waals surface area contributed by atoms with Crippen LogP contribution in [0.3, 0.4) is 0 Å². The highest BCUT2D eigenvalue weighted by molar-refractivity contribution is 9.10. The summed E-state index contributed by atoms with van der Waals surface area (Å²) in [6.07, 6.45) is 1.61. The van der Waals surface area contributed by atoms with Gasteiger partial charge in [0.15, 0.2) is 0 Å². The first-order valence-electron chi connectivity index (χ1n) is 4.60. The molecule has 1 fully saturated rings. The summed E-state index contributed by atoms with van der Waals surface area (Å²) in [6, 6.07) is -0.0692. The van der Waals surface area contributed by atoms with E-state index in [0.717, 1.165) is 29.1 Å². The van der Waals surface area contributed by atoms with E-state index in [1.807, 2.05) is 16.7 Å². The number of nitrogens with one attached hydrogen (secondary N) is 2. The number of rotatable bonds is 1. The van der Waals surface area contributed by atoms with Crippen molar-refractivity contribution >= 4 is 39.5 Å². The summed E-state index contributed by atoms with van der Waals surface area (Å²) in [5, 5.41) is 9.30. The number of nitrogens with zero attached hydrogens (tertiary/aromatic N) is 2. The van der Waals surface area contributed by atoms with Crippen molar-refractivity contribution in [3.63, 3.8) is 0 Å². The molecule has 1 aliphatic heterocycles. The predicted molar refractivity (Wildman–Crippen MR) is 64.2 cm³/mol. The molecule has 2 amide bonds. The van der Waals surface area contributed by atoms with Gasteiger partial charge in [-0.25, -0.2) is 4.79 Å². The van der Waals surface area contributed by atoms with E-state index in [2.05, 4.69) is 31.4 Å². The van der Waals surface area contributed by atoms with E-state index < -0.39 is 0 Å². The molecule has 1 aromatic rings. The Morgan fingerprint density at radius 1 is 1.60 bits per heavy atom. The van der Waals surface area contributed by atoms with Gasteiger partial charge in [0.25, 0.3) is 0 Å². The van der Waals surface area contributed by atoms with Gasteiger partial charge < -0.3 is 4.90 Å². The quantitative estimate of drug-likeness (QED) is 0.828. The average Bonchev–Trinajstić information content (AvgIpc) is 2.66. The number of carbonyl (C=O) groups is 1. The third kappa shape index (κ3) is 2.66. The Morgan fingerprint density at radius 3 is 2.93 bits per heavy atom. The van der Waals surface area contributed by atoms with Crippen LogP contribution in [-0.2, 0) is 0 Å². The molecule has 0 bridgehead atoms. The molecule has 15 heavy (non-hydrogen) atoms. The van der Waals surface area contributed by atoms with Gasteiger partial charge in [0, 0.05) is 24.6 Å². The molecule has 1 aromatic heterocycles. The standard InChI is InChI=1S/C8H11BrN4OS/c9-6-5-10-12-7(6)11-8(14)13-1-3-15-4-2-13/h5H,1-4H2,(H2,10,11,12,14). The molecular formula is C8H11BrN4OS. The van der Waals surface area contributed by atoms with Crippen molar-refractivity contribution in [1.82, 2.24) is 15.1 Å². The Bertz CT molecular complexity index is 350. The second-order valence-corrected chi connectivity index (χ2v) is 5.20. The summed E-state index contributed by atoms with van der Waals surface area (Å²) in [6.45, 7) is 1.62. The van der Waals surface area contributed by atoms with Crippen molar-refractivity contribution in [2.24, 2.45) is 0 Å². The third-order valence-corrected chi connectivity index (χ3v) is 3.67. The zero-order valence-corrected chi connectivity index (χ0v) is 10.4. The van der Waals surface area contributed by atoms with E-state index in [1.54, 1.807) is 6.20 Å². The number of amides is 2. The van der Waals surface area contributed by atoms with Crippen LogP contribution in [-0.4, -0.2) is 45.7 Å². The minimum absolute atomic E-state index is 0.0692. The van der Waals surface area contributed by atoms with Crippen LogP contribution in [0.25, 0.3) is 0 Å². The van der Waals surface area contributed by atoms with Gasteiger partial charge >= 0.3 is 6.03 Å². The monoisotopic (exact) mass is 290 g/mol. The first-order chi connectivity index (χ1) is 7.27. The molecule has 0 saturated carbocycles. The molecule has 7 heteroatoms. The van der Waals surface area contributed by atoms with Crippen molar-refractivity contribution in [2.75, 3.05) is 29.9 Å². The zero-order valence-electron chi connectivity index (χ0n) is 7.99. The van der Waals surface area contributed by atoms with Crippen molar-refractivity contribution in [3.05, 3.63) is 10.7 Å². The Morgan fingerprint density at radius 2 is 2.33 bits per heavy atom. The molecule has 0 unspecified atom stereocenters. The molecule has 0 aliphatic carbocycles. The van der Waals surface area contributed by atoms with Crippen molar-refractivity contribution in [2.45, 2.75) is 0 Å². The highest BCUT2D eigenvalue weighted by Crippen LogP contribution is 2.19. The van der Waals surface area contributed by atoms with Gasteiger partial charge in [0.2, 0.25) is 0 Å². The third-order valence-electron chi connectivity index (χ3n) is 2.12. The molecule has 82 valence electrons. The number of carbonyl (C=O) groups excluding carboxylic acids is 1. The summed E-state index contributed by atoms with van der Waals surface area (Å²) < 4.78 is 0.766. The largest absolute Gasteiger partial charge is 0.323 e. The van der Waals surface area contributed by atoms with E-state index in [0.29, 0.717) is 5.82 Å². The zero-order chi connectivity index (χ0) is 10.7. The lowest BCUT2D eigenvalue weighted by molar-refractivity contribution is 0.217. The van der Waals surface area contributed by atoms with E-state index in [4.69, 9.17) is 0 Å². The Kier molecular flexibility index (Phi) is 3.53. The van der Waals surface area contributed by atoms with E-state index in [1.165, 1.54) is 0 Å². The molecule has 0 aromatic carbocycles. The van der Waals surface area contributed by atoms with E-state index >= 15 is 0 Å². The Balaban J connectivity index is 1.94. The van der Waals surface area contributed by atoms with E-state index in [9.17, 15) is 4.79 Å². The van der Waals surface area contributed by atoms with Crippen LogP contribution in [0.15, 0.2) is 10.7 Å². The van der Waals surface area contributed by atoms with Gasteiger partial charge in [-0.1, -0.05) is 0 Å². The van der Waals surface area contributed by atoms with Gasteiger partial charge in [0.1, 0.15) is 5.82 Å². The molecule has 2 rings (SSSR count). The van der Waals surface area contributed by atoms with Crippen LogP contribution >= 0.6 is 27.7 Å². The summed E-state index contributed by atoms with van der Waals surface area (Å²) >= 11 is 5.16. The fourth-order valence-electron chi connectivity index (χ4n) is 1.31.